The molecule has 0 bridgehead atoms. The monoisotopic (exact) mass is 419 g/mol. The molecule has 0 saturated heterocycles. The van der Waals surface area contributed by atoms with Gasteiger partial charge in [0.05, 0.1) is 10.6 Å². The summed E-state index contributed by atoms with van der Waals surface area (Å²) in [6.45, 7) is 6.73. The van der Waals surface area contributed by atoms with Gasteiger partial charge in [-0.1, -0.05) is 31.5 Å². The summed E-state index contributed by atoms with van der Waals surface area (Å²) in [4.78, 5) is 32.9. The van der Waals surface area contributed by atoms with Crippen molar-refractivity contribution in [2.75, 3.05) is 0 Å². The van der Waals surface area contributed by atoms with Crippen LogP contribution >= 0.6 is 23.1 Å². The third kappa shape index (κ3) is 3.75. The highest BCUT2D eigenvalue weighted by Crippen LogP contribution is 2.37. The summed E-state index contributed by atoms with van der Waals surface area (Å²) in [5, 5.41) is 4.38. The molecule has 152 valence electrons. The second kappa shape index (κ2) is 8.19. The minimum atomic E-state index is -0.266. The maximum absolute atomic E-state index is 13.2. The maximum Gasteiger partial charge on any atom is 0.263 e. The zero-order chi connectivity index (χ0) is 19.8. The number of nitrogens with zero attached hydrogens (tertiary/aromatic N) is 2. The van der Waals surface area contributed by atoms with Crippen molar-refractivity contribution in [3.63, 3.8) is 0 Å². The molecule has 0 unspecified atom stereocenters. The van der Waals surface area contributed by atoms with Crippen LogP contribution in [0.5, 0.6) is 0 Å². The van der Waals surface area contributed by atoms with Crippen molar-refractivity contribution in [3.05, 3.63) is 20.8 Å². The normalized spacial score (nSPS) is 21.0. The molecule has 0 spiro atoms. The predicted molar refractivity (Wildman–Crippen MR) is 116 cm³/mol. The topological polar surface area (TPSA) is 64.0 Å². The highest BCUT2D eigenvalue weighted by Gasteiger charge is 2.26. The van der Waals surface area contributed by atoms with Gasteiger partial charge in [0.15, 0.2) is 5.16 Å². The number of aryl methyl sites for hydroxylation is 1. The summed E-state index contributed by atoms with van der Waals surface area (Å²) >= 11 is 3.08. The van der Waals surface area contributed by atoms with Crippen molar-refractivity contribution in [3.8, 4) is 0 Å². The first-order chi connectivity index (χ1) is 13.5. The van der Waals surface area contributed by atoms with Crippen molar-refractivity contribution in [1.82, 2.24) is 14.9 Å². The molecule has 1 amide bonds. The number of hydrogen-bond donors (Lipinski definition) is 1. The van der Waals surface area contributed by atoms with E-state index in [1.807, 2.05) is 13.8 Å². The number of carbonyl (C=O) groups excluding carboxylic acids is 1. The molecule has 2 aliphatic rings. The minimum Gasteiger partial charge on any atom is -0.352 e. The van der Waals surface area contributed by atoms with Crippen LogP contribution in [0.25, 0.3) is 10.2 Å². The lowest BCUT2D eigenvalue weighted by atomic mass is 9.89. The smallest absolute Gasteiger partial charge is 0.263 e. The van der Waals surface area contributed by atoms with Gasteiger partial charge in [-0.3, -0.25) is 14.2 Å². The molecule has 2 aliphatic carbocycles. The van der Waals surface area contributed by atoms with Crippen LogP contribution in [0.3, 0.4) is 0 Å². The standard InChI is InChI=1S/C21H29N3O2S2/c1-4-24-20(26)17-15-10-9-12(2)11-16(15)28-19(17)23-21(24)27-13(3)18(25)22-14-7-5-6-8-14/h12-14H,4-11H2,1-3H3,(H,22,25)/t12-,13-/m1/s1. The lowest BCUT2D eigenvalue weighted by Crippen LogP contribution is -2.38. The van der Waals surface area contributed by atoms with Crippen LogP contribution in [0, 0.1) is 5.92 Å². The summed E-state index contributed by atoms with van der Waals surface area (Å²) < 4.78 is 1.75. The van der Waals surface area contributed by atoms with Crippen LogP contribution in [0.2, 0.25) is 0 Å². The van der Waals surface area contributed by atoms with Crippen molar-refractivity contribution in [2.45, 2.75) is 88.7 Å². The average Bonchev–Trinajstić information content (AvgIpc) is 3.28. The molecule has 2 aromatic heterocycles. The molecule has 2 heterocycles. The second-order valence-electron chi connectivity index (χ2n) is 8.23. The van der Waals surface area contributed by atoms with E-state index in [0.29, 0.717) is 23.7 Å². The number of thiophene rings is 1. The van der Waals surface area contributed by atoms with Crippen LogP contribution in [-0.2, 0) is 24.2 Å². The van der Waals surface area contributed by atoms with E-state index in [0.717, 1.165) is 42.3 Å². The SMILES string of the molecule is CCn1c(S[C@H](C)C(=O)NC2CCCC2)nc2sc3c(c2c1=O)CC[C@@H](C)C3. The fourth-order valence-corrected chi connectivity index (χ4v) is 6.78. The van der Waals surface area contributed by atoms with Gasteiger partial charge in [-0.15, -0.1) is 11.3 Å². The average molecular weight is 420 g/mol. The van der Waals surface area contributed by atoms with Gasteiger partial charge in [0, 0.05) is 17.5 Å². The van der Waals surface area contributed by atoms with E-state index in [4.69, 9.17) is 4.98 Å². The summed E-state index contributed by atoms with van der Waals surface area (Å²) in [5.74, 6) is 0.718. The Morgan fingerprint density at radius 1 is 1.36 bits per heavy atom. The first-order valence-corrected chi connectivity index (χ1v) is 12.2. The van der Waals surface area contributed by atoms with E-state index in [1.54, 1.807) is 15.9 Å². The molecule has 1 N–H and O–H groups in total. The van der Waals surface area contributed by atoms with Gasteiger partial charge in [0.25, 0.3) is 5.56 Å². The Balaban J connectivity index is 1.63. The lowest BCUT2D eigenvalue weighted by molar-refractivity contribution is -0.120. The molecule has 1 saturated carbocycles. The molecule has 7 heteroatoms. The molecule has 5 nitrogen and oxygen atoms in total. The number of thioether (sulfide) groups is 1. The number of nitrogens with one attached hydrogen (secondary N) is 1. The number of aromatic nitrogens is 2. The van der Waals surface area contributed by atoms with Gasteiger partial charge in [0.2, 0.25) is 5.91 Å². The molecule has 2 atom stereocenters. The van der Waals surface area contributed by atoms with E-state index in [9.17, 15) is 9.59 Å². The van der Waals surface area contributed by atoms with E-state index in [1.165, 1.54) is 35.0 Å². The van der Waals surface area contributed by atoms with Gasteiger partial charge in [-0.2, -0.15) is 0 Å². The Labute approximate surface area is 174 Å². The third-order valence-electron chi connectivity index (χ3n) is 6.05. The fourth-order valence-electron chi connectivity index (χ4n) is 4.37. The summed E-state index contributed by atoms with van der Waals surface area (Å²) in [6.07, 6.45) is 7.70. The molecular formula is C21H29N3O2S2. The summed E-state index contributed by atoms with van der Waals surface area (Å²) in [7, 11) is 0. The number of amides is 1. The van der Waals surface area contributed by atoms with Crippen molar-refractivity contribution < 1.29 is 4.79 Å². The highest BCUT2D eigenvalue weighted by molar-refractivity contribution is 8.00. The molecule has 0 aromatic carbocycles. The lowest BCUT2D eigenvalue weighted by Gasteiger charge is -2.18. The van der Waals surface area contributed by atoms with E-state index < -0.39 is 0 Å². The Morgan fingerprint density at radius 3 is 2.82 bits per heavy atom. The molecule has 0 aliphatic heterocycles. The van der Waals surface area contributed by atoms with E-state index in [2.05, 4.69) is 12.2 Å². The Bertz CT molecular complexity index is 943. The van der Waals surface area contributed by atoms with Gasteiger partial charge in [0.1, 0.15) is 4.83 Å². The minimum absolute atomic E-state index is 0.0493. The second-order valence-corrected chi connectivity index (χ2v) is 10.6. The Morgan fingerprint density at radius 2 is 2.11 bits per heavy atom. The summed E-state index contributed by atoms with van der Waals surface area (Å²) in [6, 6.07) is 0.311. The Hall–Kier alpha value is -1.34. The van der Waals surface area contributed by atoms with Crippen LogP contribution in [-0.4, -0.2) is 26.8 Å². The van der Waals surface area contributed by atoms with E-state index in [-0.39, 0.29) is 16.7 Å². The highest BCUT2D eigenvalue weighted by atomic mass is 32.2. The molecule has 1 fully saturated rings. The summed E-state index contributed by atoms with van der Waals surface area (Å²) in [5.41, 5.74) is 1.28. The van der Waals surface area contributed by atoms with Gasteiger partial charge in [-0.25, -0.2) is 4.98 Å². The van der Waals surface area contributed by atoms with Crippen molar-refractivity contribution in [2.24, 2.45) is 5.92 Å². The molecule has 28 heavy (non-hydrogen) atoms. The van der Waals surface area contributed by atoms with Crippen molar-refractivity contribution in [1.29, 1.82) is 0 Å². The largest absolute Gasteiger partial charge is 0.352 e. The van der Waals surface area contributed by atoms with Crippen LogP contribution < -0.4 is 10.9 Å². The van der Waals surface area contributed by atoms with Gasteiger partial charge in [-0.05, 0) is 57.4 Å². The number of rotatable bonds is 5. The number of fused-ring (bicyclic) bond motifs is 3. The first-order valence-electron chi connectivity index (χ1n) is 10.5. The molecule has 2 aromatic rings. The van der Waals surface area contributed by atoms with E-state index >= 15 is 0 Å². The molecule has 4 rings (SSSR count). The first kappa shape index (κ1) is 20.0. The molecule has 0 radical (unpaired) electrons. The maximum atomic E-state index is 13.2. The van der Waals surface area contributed by atoms with Gasteiger partial charge >= 0.3 is 0 Å². The molecular weight excluding hydrogens is 390 g/mol. The zero-order valence-corrected chi connectivity index (χ0v) is 18.5. The van der Waals surface area contributed by atoms with Crippen LogP contribution in [0.4, 0.5) is 0 Å². The fraction of sp³-hybridized carbons (Fsp3) is 0.667. The Kier molecular flexibility index (Phi) is 5.83. The van der Waals surface area contributed by atoms with Crippen molar-refractivity contribution >= 4 is 39.2 Å². The van der Waals surface area contributed by atoms with Gasteiger partial charge < -0.3 is 5.32 Å². The number of hydrogen-bond acceptors (Lipinski definition) is 5. The zero-order valence-electron chi connectivity index (χ0n) is 16.9. The number of carbonyl (C=O) groups is 1. The predicted octanol–water partition coefficient (Wildman–Crippen LogP) is 4.14. The van der Waals surface area contributed by atoms with Crippen LogP contribution in [0.1, 0.15) is 63.3 Å². The quantitative estimate of drug-likeness (QED) is 0.584. The van der Waals surface area contributed by atoms with Crippen LogP contribution in [0.15, 0.2) is 9.95 Å². The third-order valence-corrected chi connectivity index (χ3v) is 8.29.